The Morgan fingerprint density at radius 3 is 2.08 bits per heavy atom. The van der Waals surface area contributed by atoms with E-state index in [1.807, 2.05) is 6.07 Å². The zero-order valence-corrected chi connectivity index (χ0v) is 6.65. The summed E-state index contributed by atoms with van der Waals surface area (Å²) in [4.78, 5) is 0. The lowest BCUT2D eigenvalue weighted by Crippen LogP contribution is -2.02. The highest BCUT2D eigenvalue weighted by atomic mass is 35.5. The molecule has 1 rings (SSSR count). The van der Waals surface area contributed by atoms with Crippen LogP contribution < -0.4 is 0 Å². The van der Waals surface area contributed by atoms with Gasteiger partial charge in [0.05, 0.1) is 11.6 Å². The Labute approximate surface area is 73.2 Å². The summed E-state index contributed by atoms with van der Waals surface area (Å²) in [5, 5.41) is 5.01. The maximum atomic E-state index is 12.4. The average Bonchev–Trinajstić information content (AvgIpc) is 2.03. The van der Waals surface area contributed by atoms with E-state index < -0.39 is 5.38 Å². The van der Waals surface area contributed by atoms with Crippen LogP contribution in [0.15, 0.2) is 24.3 Å². The number of hydrogen-bond acceptors (Lipinski definition) is 1. The molecule has 0 saturated carbocycles. The van der Waals surface area contributed by atoms with Gasteiger partial charge in [0.1, 0.15) is 0 Å². The Bertz CT molecular complexity index is 307. The molecule has 0 spiro atoms. The lowest BCUT2D eigenvalue weighted by Gasteiger charge is -2.06. The number of halogens is 3. The highest BCUT2D eigenvalue weighted by molar-refractivity contribution is 6.21. The van der Waals surface area contributed by atoms with Gasteiger partial charge in [-0.1, -0.05) is 12.1 Å². The summed E-state index contributed by atoms with van der Waals surface area (Å²) in [6, 6.07) is 6.67. The molecular formula is C8H4ClF2N. The first-order valence-electron chi connectivity index (χ1n) is 3.11. The first-order chi connectivity index (χ1) is 5.54. The molecule has 1 nitrogen and oxygen atoms in total. The Hall–Kier alpha value is -1.14. The van der Waals surface area contributed by atoms with Crippen LogP contribution in [0, 0.1) is 11.3 Å². The van der Waals surface area contributed by atoms with E-state index in [4.69, 9.17) is 16.9 Å². The largest absolute Gasteiger partial charge is 0.348 e. The summed E-state index contributed by atoms with van der Waals surface area (Å²) >= 11 is 4.74. The van der Waals surface area contributed by atoms with E-state index in [2.05, 4.69) is 0 Å². The first-order valence-corrected chi connectivity index (χ1v) is 3.49. The van der Waals surface area contributed by atoms with Crippen LogP contribution in [0.4, 0.5) is 8.78 Å². The Balaban J connectivity index is 3.02. The summed E-state index contributed by atoms with van der Waals surface area (Å²) in [7, 11) is 0. The van der Waals surface area contributed by atoms with Crippen LogP contribution in [-0.4, -0.2) is 0 Å². The molecule has 0 aliphatic rings. The van der Waals surface area contributed by atoms with E-state index in [9.17, 15) is 8.78 Å². The smallest absolute Gasteiger partial charge is 0.192 e. The van der Waals surface area contributed by atoms with Crippen molar-refractivity contribution in [1.29, 1.82) is 5.26 Å². The van der Waals surface area contributed by atoms with Gasteiger partial charge in [-0.15, -0.1) is 0 Å². The zero-order valence-electron chi connectivity index (χ0n) is 5.89. The fraction of sp³-hybridized carbons (Fsp3) is 0.125. The molecule has 12 heavy (non-hydrogen) atoms. The normalized spacial score (nSPS) is 10.8. The monoisotopic (exact) mass is 187 g/mol. The second-order valence-corrected chi connectivity index (χ2v) is 2.66. The van der Waals surface area contributed by atoms with E-state index in [1.54, 1.807) is 0 Å². The van der Waals surface area contributed by atoms with Gasteiger partial charge in [-0.05, 0) is 23.7 Å². The predicted octanol–water partition coefficient (Wildman–Crippen LogP) is 2.85. The molecule has 0 bridgehead atoms. The second-order valence-electron chi connectivity index (χ2n) is 2.19. The molecule has 0 aliphatic heterocycles. The molecule has 0 atom stereocenters. The van der Waals surface area contributed by atoms with Crippen LogP contribution in [0.3, 0.4) is 0 Å². The van der Waals surface area contributed by atoms with Crippen LogP contribution in [0.2, 0.25) is 0 Å². The molecule has 1 aromatic rings. The Morgan fingerprint density at radius 1 is 1.25 bits per heavy atom. The summed E-state index contributed by atoms with van der Waals surface area (Å²) < 4.78 is 24.7. The van der Waals surface area contributed by atoms with E-state index in [1.165, 1.54) is 12.1 Å². The third kappa shape index (κ3) is 1.93. The molecule has 0 heterocycles. The lowest BCUT2D eigenvalue weighted by atomic mass is 10.1. The van der Waals surface area contributed by atoms with Crippen LogP contribution in [0.1, 0.15) is 11.1 Å². The van der Waals surface area contributed by atoms with Gasteiger partial charge in [-0.3, -0.25) is 0 Å². The first kappa shape index (κ1) is 8.95. The number of rotatable bonds is 1. The van der Waals surface area contributed by atoms with E-state index in [0.29, 0.717) is 5.56 Å². The van der Waals surface area contributed by atoms with Crippen molar-refractivity contribution in [2.24, 2.45) is 0 Å². The minimum atomic E-state index is -3.35. The second kappa shape index (κ2) is 3.08. The molecule has 1 aromatic carbocycles. The van der Waals surface area contributed by atoms with Gasteiger partial charge in [-0.2, -0.15) is 14.0 Å². The van der Waals surface area contributed by atoms with E-state index in [0.717, 1.165) is 12.1 Å². The summed E-state index contributed by atoms with van der Waals surface area (Å²) in [6.07, 6.45) is 0. The number of alkyl halides is 3. The quantitative estimate of drug-likeness (QED) is 0.621. The Morgan fingerprint density at radius 2 is 1.75 bits per heavy atom. The van der Waals surface area contributed by atoms with Gasteiger partial charge >= 0.3 is 5.38 Å². The summed E-state index contributed by atoms with van der Waals surface area (Å²) in [5.74, 6) is 0. The van der Waals surface area contributed by atoms with Crippen molar-refractivity contribution >= 4 is 11.6 Å². The Kier molecular flexibility index (Phi) is 2.30. The molecule has 0 amide bonds. The molecular weight excluding hydrogens is 184 g/mol. The molecule has 0 fully saturated rings. The zero-order chi connectivity index (χ0) is 9.19. The molecule has 0 aliphatic carbocycles. The maximum absolute atomic E-state index is 12.4. The SMILES string of the molecule is N#Cc1ccc(C(F)(F)Cl)cc1. The standard InChI is InChI=1S/C8H4ClF2N/c9-8(10,11)7-3-1-6(5-12)2-4-7/h1-4H. The van der Waals surface area contributed by atoms with E-state index >= 15 is 0 Å². The highest BCUT2D eigenvalue weighted by Gasteiger charge is 2.27. The lowest BCUT2D eigenvalue weighted by molar-refractivity contribution is 0.0951. The molecule has 62 valence electrons. The molecule has 0 radical (unpaired) electrons. The number of nitrogens with zero attached hydrogens (tertiary/aromatic N) is 1. The van der Waals surface area contributed by atoms with E-state index in [-0.39, 0.29) is 5.56 Å². The predicted molar refractivity (Wildman–Crippen MR) is 40.9 cm³/mol. The average molecular weight is 188 g/mol. The fourth-order valence-electron chi connectivity index (χ4n) is 0.734. The summed E-state index contributed by atoms with van der Waals surface area (Å²) in [6.45, 7) is 0. The van der Waals surface area contributed by atoms with Crippen molar-refractivity contribution in [3.05, 3.63) is 35.4 Å². The van der Waals surface area contributed by atoms with Crippen LogP contribution in [0.5, 0.6) is 0 Å². The number of hydrogen-bond donors (Lipinski definition) is 0. The topological polar surface area (TPSA) is 23.8 Å². The van der Waals surface area contributed by atoms with Crippen LogP contribution >= 0.6 is 11.6 Å². The number of benzene rings is 1. The summed E-state index contributed by atoms with van der Waals surface area (Å²) in [5.41, 5.74) is 0.0304. The third-order valence-electron chi connectivity index (χ3n) is 1.34. The molecule has 0 N–H and O–H groups in total. The van der Waals surface area contributed by atoms with Crippen molar-refractivity contribution in [1.82, 2.24) is 0 Å². The van der Waals surface area contributed by atoms with Gasteiger partial charge in [0.15, 0.2) is 0 Å². The number of nitriles is 1. The van der Waals surface area contributed by atoms with Gasteiger partial charge in [0, 0.05) is 5.56 Å². The van der Waals surface area contributed by atoms with Crippen molar-refractivity contribution in [2.45, 2.75) is 5.38 Å². The van der Waals surface area contributed by atoms with Gasteiger partial charge in [0.2, 0.25) is 0 Å². The van der Waals surface area contributed by atoms with Crippen molar-refractivity contribution in [2.75, 3.05) is 0 Å². The van der Waals surface area contributed by atoms with Crippen LogP contribution in [-0.2, 0) is 5.38 Å². The molecule has 4 heteroatoms. The maximum Gasteiger partial charge on any atom is 0.348 e. The molecule has 0 saturated heterocycles. The highest BCUT2D eigenvalue weighted by Crippen LogP contribution is 2.31. The van der Waals surface area contributed by atoms with Crippen molar-refractivity contribution in [3.8, 4) is 6.07 Å². The van der Waals surface area contributed by atoms with Gasteiger partial charge in [-0.25, -0.2) is 0 Å². The minimum absolute atomic E-state index is 0.303. The molecule has 0 unspecified atom stereocenters. The van der Waals surface area contributed by atoms with Crippen molar-refractivity contribution in [3.63, 3.8) is 0 Å². The minimum Gasteiger partial charge on any atom is -0.192 e. The van der Waals surface area contributed by atoms with Gasteiger partial charge < -0.3 is 0 Å². The van der Waals surface area contributed by atoms with Crippen LogP contribution in [0.25, 0.3) is 0 Å². The third-order valence-corrected chi connectivity index (χ3v) is 1.56. The van der Waals surface area contributed by atoms with Crippen molar-refractivity contribution < 1.29 is 8.78 Å². The van der Waals surface area contributed by atoms with Gasteiger partial charge in [0.25, 0.3) is 0 Å². The fourth-order valence-corrected chi connectivity index (χ4v) is 0.860. The molecule has 0 aromatic heterocycles.